The van der Waals surface area contributed by atoms with Crippen LogP contribution in [0, 0.1) is 29.4 Å². The molecule has 20 heavy (non-hydrogen) atoms. The van der Waals surface area contributed by atoms with E-state index in [1.165, 1.54) is 6.20 Å². The van der Waals surface area contributed by atoms with Gasteiger partial charge >= 0.3 is 5.97 Å². The van der Waals surface area contributed by atoms with E-state index in [0.717, 1.165) is 12.8 Å². The smallest absolute Gasteiger partial charge is 0.310 e. The molecule has 0 spiro atoms. The lowest BCUT2D eigenvalue weighted by molar-refractivity contribution is -0.386. The molecule has 0 amide bonds. The highest BCUT2D eigenvalue weighted by Gasteiger charge is 2.42. The molecule has 0 radical (unpaired) electrons. The highest BCUT2D eigenvalue weighted by Crippen LogP contribution is 2.42. The van der Waals surface area contributed by atoms with Gasteiger partial charge in [-0.15, -0.1) is 0 Å². The number of hydrogen-bond acceptors (Lipinski definition) is 4. The van der Waals surface area contributed by atoms with Gasteiger partial charge in [0.25, 0.3) is 5.69 Å². The fraction of sp³-hybridized carbons (Fsp3) is 0.571. The van der Waals surface area contributed by atoms with Crippen molar-refractivity contribution in [3.63, 3.8) is 0 Å². The van der Waals surface area contributed by atoms with Crippen molar-refractivity contribution in [1.82, 2.24) is 4.98 Å². The third-order valence-corrected chi connectivity index (χ3v) is 4.28. The second-order valence-electron chi connectivity index (χ2n) is 5.59. The lowest BCUT2D eigenvalue weighted by Crippen LogP contribution is -2.31. The normalized spacial score (nSPS) is 17.1. The molecule has 1 fully saturated rings. The van der Waals surface area contributed by atoms with Gasteiger partial charge in [-0.05, 0) is 26.7 Å². The van der Waals surface area contributed by atoms with Crippen LogP contribution in [0.2, 0.25) is 0 Å². The summed E-state index contributed by atoms with van der Waals surface area (Å²) in [6.07, 6.45) is 4.75. The number of aromatic nitrogens is 1. The van der Waals surface area contributed by atoms with Crippen LogP contribution in [0.1, 0.15) is 42.5 Å². The molecule has 1 aliphatic rings. The molecule has 0 atom stereocenters. The van der Waals surface area contributed by atoms with E-state index in [9.17, 15) is 20.0 Å². The number of carboxylic acid groups (broad SMARTS) is 1. The summed E-state index contributed by atoms with van der Waals surface area (Å²) < 4.78 is 0. The first-order valence-corrected chi connectivity index (χ1v) is 6.70. The highest BCUT2D eigenvalue weighted by molar-refractivity contribution is 5.75. The lowest BCUT2D eigenvalue weighted by Gasteiger charge is -2.24. The Morgan fingerprint density at radius 3 is 2.55 bits per heavy atom. The van der Waals surface area contributed by atoms with Crippen molar-refractivity contribution in [1.29, 1.82) is 0 Å². The van der Waals surface area contributed by atoms with Crippen LogP contribution in [-0.2, 0) is 11.2 Å². The summed E-state index contributed by atoms with van der Waals surface area (Å²) in [5, 5.41) is 20.6. The van der Waals surface area contributed by atoms with Gasteiger partial charge in [0.2, 0.25) is 0 Å². The van der Waals surface area contributed by atoms with Gasteiger partial charge in [-0.1, -0.05) is 12.8 Å². The summed E-state index contributed by atoms with van der Waals surface area (Å²) in [4.78, 5) is 26.5. The van der Waals surface area contributed by atoms with Gasteiger partial charge < -0.3 is 5.11 Å². The van der Waals surface area contributed by atoms with E-state index in [1.807, 2.05) is 0 Å². The summed E-state index contributed by atoms with van der Waals surface area (Å²) in [7, 11) is 0. The first-order valence-electron chi connectivity index (χ1n) is 6.70. The van der Waals surface area contributed by atoms with Gasteiger partial charge in [-0.2, -0.15) is 0 Å². The zero-order valence-electron chi connectivity index (χ0n) is 11.7. The SMILES string of the molecule is Cc1cnc(CC2(C(=O)O)CCCC2)c(C)c1[N+](=O)[O-]. The van der Waals surface area contributed by atoms with Gasteiger partial charge in [-0.3, -0.25) is 19.9 Å². The average molecular weight is 278 g/mol. The number of nitro groups is 1. The monoisotopic (exact) mass is 278 g/mol. The van der Waals surface area contributed by atoms with Crippen molar-refractivity contribution >= 4 is 11.7 Å². The maximum absolute atomic E-state index is 11.6. The summed E-state index contributed by atoms with van der Waals surface area (Å²) in [5.41, 5.74) is 0.774. The van der Waals surface area contributed by atoms with Crippen molar-refractivity contribution in [3.8, 4) is 0 Å². The molecular formula is C14H18N2O4. The van der Waals surface area contributed by atoms with E-state index in [-0.39, 0.29) is 12.1 Å². The summed E-state index contributed by atoms with van der Waals surface area (Å²) in [5.74, 6) is -0.820. The second-order valence-corrected chi connectivity index (χ2v) is 5.59. The number of hydrogen-bond donors (Lipinski definition) is 1. The summed E-state index contributed by atoms with van der Waals surface area (Å²) in [6, 6.07) is 0. The van der Waals surface area contributed by atoms with Crippen molar-refractivity contribution in [2.75, 3.05) is 0 Å². The molecule has 6 heteroatoms. The largest absolute Gasteiger partial charge is 0.481 e. The first-order chi connectivity index (χ1) is 9.37. The Kier molecular flexibility index (Phi) is 3.74. The van der Waals surface area contributed by atoms with Crippen LogP contribution in [0.5, 0.6) is 0 Å². The van der Waals surface area contributed by atoms with Crippen LogP contribution in [0.3, 0.4) is 0 Å². The zero-order valence-corrected chi connectivity index (χ0v) is 11.7. The van der Waals surface area contributed by atoms with Crippen LogP contribution < -0.4 is 0 Å². The Balaban J connectivity index is 2.41. The van der Waals surface area contributed by atoms with E-state index < -0.39 is 16.3 Å². The van der Waals surface area contributed by atoms with Gasteiger partial charge in [-0.25, -0.2) is 0 Å². The van der Waals surface area contributed by atoms with Crippen LogP contribution in [0.25, 0.3) is 0 Å². The third-order valence-electron chi connectivity index (χ3n) is 4.28. The lowest BCUT2D eigenvalue weighted by atomic mass is 9.80. The zero-order chi connectivity index (χ0) is 14.9. The Labute approximate surface area is 117 Å². The number of carbonyl (C=O) groups is 1. The molecule has 1 aliphatic carbocycles. The van der Waals surface area contributed by atoms with Crippen molar-refractivity contribution in [3.05, 3.63) is 33.1 Å². The molecular weight excluding hydrogens is 260 g/mol. The molecule has 0 aromatic carbocycles. The Morgan fingerprint density at radius 1 is 1.45 bits per heavy atom. The molecule has 6 nitrogen and oxygen atoms in total. The minimum Gasteiger partial charge on any atom is -0.481 e. The van der Waals surface area contributed by atoms with Crippen molar-refractivity contribution in [2.24, 2.45) is 5.41 Å². The number of rotatable bonds is 4. The van der Waals surface area contributed by atoms with E-state index >= 15 is 0 Å². The van der Waals surface area contributed by atoms with Crippen LogP contribution in [0.4, 0.5) is 5.69 Å². The number of nitrogens with zero attached hydrogens (tertiary/aromatic N) is 2. The first kappa shape index (κ1) is 14.4. The van der Waals surface area contributed by atoms with Crippen LogP contribution >= 0.6 is 0 Å². The molecule has 1 aromatic heterocycles. The van der Waals surface area contributed by atoms with Gasteiger partial charge in [0.1, 0.15) is 0 Å². The molecule has 1 saturated carbocycles. The fourth-order valence-electron chi connectivity index (χ4n) is 3.06. The van der Waals surface area contributed by atoms with E-state index in [4.69, 9.17) is 0 Å². The summed E-state index contributed by atoms with van der Waals surface area (Å²) in [6.45, 7) is 3.29. The third kappa shape index (κ3) is 2.37. The Bertz CT molecular complexity index is 563. The topological polar surface area (TPSA) is 93.3 Å². The number of aliphatic carboxylic acids is 1. The Hall–Kier alpha value is -1.98. The molecule has 2 rings (SSSR count). The van der Waals surface area contributed by atoms with Crippen molar-refractivity contribution in [2.45, 2.75) is 46.0 Å². The molecule has 0 saturated heterocycles. The molecule has 0 aliphatic heterocycles. The predicted molar refractivity (Wildman–Crippen MR) is 72.6 cm³/mol. The quantitative estimate of drug-likeness (QED) is 0.675. The predicted octanol–water partition coefficient (Wildman–Crippen LogP) is 2.79. The second kappa shape index (κ2) is 5.19. The van der Waals surface area contributed by atoms with Crippen LogP contribution in [-0.4, -0.2) is 21.0 Å². The Morgan fingerprint density at radius 2 is 2.05 bits per heavy atom. The van der Waals surface area contributed by atoms with Gasteiger partial charge in [0.05, 0.1) is 16.0 Å². The maximum atomic E-state index is 11.6. The highest BCUT2D eigenvalue weighted by atomic mass is 16.6. The molecule has 0 unspecified atom stereocenters. The fourth-order valence-corrected chi connectivity index (χ4v) is 3.06. The molecule has 1 N–H and O–H groups in total. The van der Waals surface area contributed by atoms with Gasteiger partial charge in [0.15, 0.2) is 0 Å². The van der Waals surface area contributed by atoms with E-state index in [0.29, 0.717) is 29.7 Å². The van der Waals surface area contributed by atoms with E-state index in [2.05, 4.69) is 4.98 Å². The summed E-state index contributed by atoms with van der Waals surface area (Å²) >= 11 is 0. The van der Waals surface area contributed by atoms with Crippen molar-refractivity contribution < 1.29 is 14.8 Å². The maximum Gasteiger partial charge on any atom is 0.310 e. The number of carboxylic acids is 1. The molecule has 0 bridgehead atoms. The molecule has 1 heterocycles. The van der Waals surface area contributed by atoms with Gasteiger partial charge in [0, 0.05) is 23.7 Å². The molecule has 1 aromatic rings. The number of aryl methyl sites for hydroxylation is 1. The minimum absolute atomic E-state index is 0.0496. The minimum atomic E-state index is -0.820. The van der Waals surface area contributed by atoms with E-state index in [1.54, 1.807) is 13.8 Å². The standard InChI is InChI=1S/C14H18N2O4/c1-9-8-15-11(10(2)12(9)16(19)20)7-14(13(17)18)5-3-4-6-14/h8H,3-7H2,1-2H3,(H,17,18). The molecule has 108 valence electrons. The van der Waals surface area contributed by atoms with Crippen LogP contribution in [0.15, 0.2) is 6.20 Å². The number of pyridine rings is 1. The average Bonchev–Trinajstić information content (AvgIpc) is 2.82.